The van der Waals surface area contributed by atoms with E-state index in [9.17, 15) is 15.2 Å². The van der Waals surface area contributed by atoms with Gasteiger partial charge in [0.05, 0.1) is 16.9 Å². The van der Waals surface area contributed by atoms with E-state index in [1.807, 2.05) is 19.1 Å². The van der Waals surface area contributed by atoms with E-state index in [2.05, 4.69) is 10.6 Å². The molecule has 0 spiro atoms. The average molecular weight is 343 g/mol. The fraction of sp³-hybridized carbons (Fsp3) is 0.0526. The summed E-state index contributed by atoms with van der Waals surface area (Å²) < 4.78 is 0. The number of nitrogens with zero attached hydrogens (tertiary/aromatic N) is 3. The molecule has 3 N–H and O–H groups in total. The molecule has 7 heteroatoms. The number of para-hydroxylation sites is 1. The molecule has 0 saturated heterocycles. The van der Waals surface area contributed by atoms with Crippen molar-refractivity contribution in [1.82, 2.24) is 0 Å². The zero-order valence-corrected chi connectivity index (χ0v) is 13.7. The molecule has 0 fully saturated rings. The lowest BCUT2D eigenvalue weighted by Gasteiger charge is -2.16. The fourth-order valence-electron chi connectivity index (χ4n) is 2.17. The van der Waals surface area contributed by atoms with Gasteiger partial charge < -0.3 is 15.7 Å². The Morgan fingerprint density at radius 2 is 1.65 bits per heavy atom. The van der Waals surface area contributed by atoms with Gasteiger partial charge in [-0.05, 0) is 31.2 Å². The molecule has 26 heavy (non-hydrogen) atoms. The van der Waals surface area contributed by atoms with Crippen LogP contribution in [0.5, 0.6) is 0 Å². The van der Waals surface area contributed by atoms with Gasteiger partial charge in [-0.15, -0.1) is 0 Å². The predicted molar refractivity (Wildman–Crippen MR) is 95.4 cm³/mol. The van der Waals surface area contributed by atoms with Crippen molar-refractivity contribution >= 4 is 23.0 Å². The van der Waals surface area contributed by atoms with E-state index in [4.69, 9.17) is 10.5 Å². The Morgan fingerprint density at radius 3 is 2.19 bits per heavy atom. The Bertz CT molecular complexity index is 986. The van der Waals surface area contributed by atoms with Gasteiger partial charge in [0.25, 0.3) is 0 Å². The van der Waals surface area contributed by atoms with Gasteiger partial charge in [-0.1, -0.05) is 23.8 Å². The lowest BCUT2D eigenvalue weighted by molar-refractivity contribution is 0.0698. The first kappa shape index (κ1) is 18.1. The summed E-state index contributed by atoms with van der Waals surface area (Å²) >= 11 is 0. The van der Waals surface area contributed by atoms with Gasteiger partial charge >= 0.3 is 5.97 Å². The van der Waals surface area contributed by atoms with Gasteiger partial charge in [0.2, 0.25) is 0 Å². The third kappa shape index (κ3) is 3.97. The number of anilines is 3. The van der Waals surface area contributed by atoms with Gasteiger partial charge in [-0.3, -0.25) is 0 Å². The maximum Gasteiger partial charge on any atom is 0.337 e. The number of carboxylic acid groups (broad SMARTS) is 1. The second kappa shape index (κ2) is 8.01. The minimum absolute atomic E-state index is 0.0247. The number of nitrogens with one attached hydrogen (secondary N) is 2. The molecular weight excluding hydrogens is 330 g/mol. The quantitative estimate of drug-likeness (QED) is 0.705. The van der Waals surface area contributed by atoms with E-state index in [1.54, 1.807) is 36.4 Å². The Morgan fingerprint density at radius 1 is 1.00 bits per heavy atom. The van der Waals surface area contributed by atoms with Crippen molar-refractivity contribution in [3.8, 4) is 18.2 Å². The van der Waals surface area contributed by atoms with Crippen LogP contribution in [0.25, 0.3) is 0 Å². The first-order valence-electron chi connectivity index (χ1n) is 7.41. The highest BCUT2D eigenvalue weighted by Gasteiger charge is 2.16. The largest absolute Gasteiger partial charge is 0.478 e. The van der Waals surface area contributed by atoms with Gasteiger partial charge in [-0.25, -0.2) is 4.79 Å². The van der Waals surface area contributed by atoms with Crippen LogP contribution in [0.3, 0.4) is 0 Å². The molecule has 0 amide bonds. The second-order valence-electron chi connectivity index (χ2n) is 5.23. The summed E-state index contributed by atoms with van der Waals surface area (Å²) in [4.78, 5) is 11.6. The van der Waals surface area contributed by atoms with Crippen LogP contribution in [0.15, 0.2) is 53.7 Å². The minimum atomic E-state index is -1.16. The third-order valence-electron chi connectivity index (χ3n) is 3.46. The average Bonchev–Trinajstić information content (AvgIpc) is 2.64. The van der Waals surface area contributed by atoms with Crippen LogP contribution in [0.1, 0.15) is 15.9 Å². The Hall–Kier alpha value is -4.28. The Balaban J connectivity index is 2.55. The smallest absolute Gasteiger partial charge is 0.337 e. The monoisotopic (exact) mass is 343 g/mol. The molecule has 0 radical (unpaired) electrons. The molecule has 0 unspecified atom stereocenters. The number of aromatic carboxylic acids is 1. The van der Waals surface area contributed by atoms with Crippen LogP contribution in [0.4, 0.5) is 17.1 Å². The Kier molecular flexibility index (Phi) is 5.56. The van der Waals surface area contributed by atoms with Gasteiger partial charge in [-0.2, -0.15) is 15.8 Å². The number of allylic oxidation sites excluding steroid dienone is 2. The molecule has 0 bridgehead atoms. The zero-order valence-electron chi connectivity index (χ0n) is 13.7. The maximum absolute atomic E-state index is 11.6. The van der Waals surface area contributed by atoms with Crippen LogP contribution >= 0.6 is 0 Å². The van der Waals surface area contributed by atoms with Crippen molar-refractivity contribution in [3.63, 3.8) is 0 Å². The number of benzene rings is 2. The summed E-state index contributed by atoms with van der Waals surface area (Å²) in [6.45, 7) is 1.93. The highest BCUT2D eigenvalue weighted by Crippen LogP contribution is 2.31. The van der Waals surface area contributed by atoms with E-state index in [1.165, 1.54) is 12.1 Å². The topological polar surface area (TPSA) is 133 Å². The standard InChI is InChI=1S/C19H13N5O2/c1-12-5-7-14(8-6-12)23-18-15(19(25)26)3-2-4-16(18)24-17(11-22)13(9-20)10-21/h2-8,23-24H,1H3,(H,25,26). The zero-order chi connectivity index (χ0) is 19.1. The molecule has 2 rings (SSSR count). The highest BCUT2D eigenvalue weighted by molar-refractivity contribution is 5.99. The fourth-order valence-corrected chi connectivity index (χ4v) is 2.17. The van der Waals surface area contributed by atoms with Crippen LogP contribution < -0.4 is 10.6 Å². The number of hydrogen-bond donors (Lipinski definition) is 3. The van der Waals surface area contributed by atoms with Crippen LogP contribution in [0.2, 0.25) is 0 Å². The molecule has 2 aromatic carbocycles. The molecule has 2 aromatic rings. The predicted octanol–water partition coefficient (Wildman–Crippen LogP) is 3.67. The first-order chi connectivity index (χ1) is 12.5. The van der Waals surface area contributed by atoms with Crippen molar-refractivity contribution in [1.29, 1.82) is 15.8 Å². The van der Waals surface area contributed by atoms with Gasteiger partial charge in [0, 0.05) is 5.69 Å². The van der Waals surface area contributed by atoms with Crippen molar-refractivity contribution in [3.05, 3.63) is 64.9 Å². The molecule has 0 aliphatic carbocycles. The molecule has 0 atom stereocenters. The van der Waals surface area contributed by atoms with Crippen molar-refractivity contribution < 1.29 is 9.90 Å². The number of nitriles is 3. The molecule has 0 aliphatic heterocycles. The Labute approximate surface area is 150 Å². The number of hydrogen-bond acceptors (Lipinski definition) is 6. The summed E-state index contributed by atoms with van der Waals surface area (Å²) in [6, 6.07) is 16.8. The number of aryl methyl sites for hydroxylation is 1. The summed E-state index contributed by atoms with van der Waals surface area (Å²) in [6.07, 6.45) is 0. The molecule has 126 valence electrons. The maximum atomic E-state index is 11.6. The van der Waals surface area contributed by atoms with E-state index >= 15 is 0 Å². The normalized spacial score (nSPS) is 9.15. The van der Waals surface area contributed by atoms with Gasteiger partial charge in [0.15, 0.2) is 5.57 Å². The third-order valence-corrected chi connectivity index (χ3v) is 3.46. The van der Waals surface area contributed by atoms with Crippen LogP contribution in [0, 0.1) is 40.9 Å². The van der Waals surface area contributed by atoms with Crippen LogP contribution in [-0.4, -0.2) is 11.1 Å². The molecule has 0 heterocycles. The molecule has 7 nitrogen and oxygen atoms in total. The molecular formula is C19H13N5O2. The van der Waals surface area contributed by atoms with Crippen molar-refractivity contribution in [2.45, 2.75) is 6.92 Å². The number of carboxylic acids is 1. The molecule has 0 saturated carbocycles. The van der Waals surface area contributed by atoms with Crippen molar-refractivity contribution in [2.75, 3.05) is 10.6 Å². The summed E-state index contributed by atoms with van der Waals surface area (Å²) in [5.74, 6) is -1.16. The van der Waals surface area contributed by atoms with E-state index in [-0.39, 0.29) is 22.6 Å². The minimum Gasteiger partial charge on any atom is -0.478 e. The molecule has 0 aliphatic rings. The number of carbonyl (C=O) groups is 1. The summed E-state index contributed by atoms with van der Waals surface area (Å²) in [5, 5.41) is 42.2. The van der Waals surface area contributed by atoms with E-state index < -0.39 is 11.5 Å². The van der Waals surface area contributed by atoms with E-state index in [0.29, 0.717) is 5.69 Å². The first-order valence-corrected chi connectivity index (χ1v) is 7.41. The summed E-state index contributed by atoms with van der Waals surface area (Å²) in [5.41, 5.74) is 1.48. The van der Waals surface area contributed by atoms with Crippen LogP contribution in [-0.2, 0) is 0 Å². The number of rotatable bonds is 5. The van der Waals surface area contributed by atoms with Gasteiger partial charge in [0.1, 0.15) is 23.9 Å². The van der Waals surface area contributed by atoms with Crippen molar-refractivity contribution in [2.24, 2.45) is 0 Å². The summed E-state index contributed by atoms with van der Waals surface area (Å²) in [7, 11) is 0. The molecule has 0 aromatic heterocycles. The SMILES string of the molecule is Cc1ccc(Nc2c(NC(C#N)=C(C#N)C#N)cccc2C(=O)O)cc1. The lowest BCUT2D eigenvalue weighted by atomic mass is 10.1. The van der Waals surface area contributed by atoms with E-state index in [0.717, 1.165) is 5.56 Å². The highest BCUT2D eigenvalue weighted by atomic mass is 16.4. The lowest BCUT2D eigenvalue weighted by Crippen LogP contribution is -2.08. The second-order valence-corrected chi connectivity index (χ2v) is 5.23.